The quantitative estimate of drug-likeness (QED) is 0.212. The summed E-state index contributed by atoms with van der Waals surface area (Å²) < 4.78 is 0. The predicted molar refractivity (Wildman–Crippen MR) is 48.2 cm³/mol. The van der Waals surface area contributed by atoms with Crippen LogP contribution in [0, 0.1) is 0 Å². The average Bonchev–Trinajstić information content (AvgIpc) is 2.20. The van der Waals surface area contributed by atoms with Crippen LogP contribution in [0.2, 0.25) is 0 Å². The molecule has 0 heterocycles. The summed E-state index contributed by atoms with van der Waals surface area (Å²) in [6.45, 7) is -2.02. The number of nitrogens with one attached hydrogen (secondary N) is 1. The molecule has 0 rings (SSSR count). The summed E-state index contributed by atoms with van der Waals surface area (Å²) in [6, 6.07) is -0.757. The number of aliphatic hydroxyl groups excluding tert-OH is 5. The van der Waals surface area contributed by atoms with E-state index in [0.29, 0.717) is 0 Å². The molecule has 8 N–H and O–H groups in total. The second kappa shape index (κ2) is 6.25. The van der Waals surface area contributed by atoms with Crippen molar-refractivity contribution in [3.8, 4) is 0 Å². The summed E-state index contributed by atoms with van der Waals surface area (Å²) in [6.07, 6.45) is -1.50. The van der Waals surface area contributed by atoms with Crippen molar-refractivity contribution in [2.75, 3.05) is 26.4 Å². The van der Waals surface area contributed by atoms with Crippen LogP contribution in [0.25, 0.3) is 0 Å². The molecule has 0 aromatic carbocycles. The Morgan fingerprint density at radius 3 is 1.71 bits per heavy atom. The van der Waals surface area contributed by atoms with Crippen LogP contribution < -0.4 is 11.1 Å². The molecular formula is C7H18N2O5. The molecule has 14 heavy (non-hydrogen) atoms. The van der Waals surface area contributed by atoms with E-state index in [0.717, 1.165) is 0 Å². The Labute approximate surface area is 81.8 Å². The number of aliphatic hydroxyl groups is 5. The topological polar surface area (TPSA) is 139 Å². The van der Waals surface area contributed by atoms with Crippen LogP contribution in [0.1, 0.15) is 0 Å². The maximum atomic E-state index is 9.13. The number of rotatable bonds is 7. The lowest BCUT2D eigenvalue weighted by molar-refractivity contribution is -0.0275. The summed E-state index contributed by atoms with van der Waals surface area (Å²) in [5.41, 5.74) is 3.64. The fourth-order valence-electron chi connectivity index (χ4n) is 0.969. The van der Waals surface area contributed by atoms with Crippen LogP contribution in [0.3, 0.4) is 0 Å². The number of hydrogen-bond acceptors (Lipinski definition) is 7. The summed E-state index contributed by atoms with van der Waals surface area (Å²) in [5, 5.41) is 47.1. The molecule has 1 unspecified atom stereocenters. The van der Waals surface area contributed by atoms with Gasteiger partial charge >= 0.3 is 0 Å². The molecule has 0 saturated carbocycles. The number of hydrogen-bond donors (Lipinski definition) is 7. The lowest BCUT2D eigenvalue weighted by atomic mass is 9.98. The molecule has 0 spiro atoms. The summed E-state index contributed by atoms with van der Waals surface area (Å²) in [4.78, 5) is 0. The van der Waals surface area contributed by atoms with Gasteiger partial charge in [0.05, 0.1) is 32.5 Å². The monoisotopic (exact) mass is 210 g/mol. The van der Waals surface area contributed by atoms with E-state index in [9.17, 15) is 0 Å². The Hall–Kier alpha value is -0.280. The zero-order valence-corrected chi connectivity index (χ0v) is 7.80. The van der Waals surface area contributed by atoms with E-state index in [1.165, 1.54) is 0 Å². The number of nitrogens with two attached hydrogens (primary N) is 1. The van der Waals surface area contributed by atoms with Gasteiger partial charge in [0.1, 0.15) is 11.8 Å². The Kier molecular flexibility index (Phi) is 6.12. The van der Waals surface area contributed by atoms with Crippen LogP contribution in [0.4, 0.5) is 0 Å². The van der Waals surface area contributed by atoms with Gasteiger partial charge in [-0.2, -0.15) is 0 Å². The van der Waals surface area contributed by atoms with Crippen molar-refractivity contribution in [2.45, 2.75) is 17.8 Å². The third-order valence-electron chi connectivity index (χ3n) is 2.06. The molecule has 0 fully saturated rings. The fourth-order valence-corrected chi connectivity index (χ4v) is 0.969. The van der Waals surface area contributed by atoms with Gasteiger partial charge in [-0.25, -0.2) is 0 Å². The van der Waals surface area contributed by atoms with Crippen LogP contribution >= 0.6 is 0 Å². The molecule has 1 atom stereocenters. The van der Waals surface area contributed by atoms with Gasteiger partial charge in [-0.15, -0.1) is 0 Å². The highest BCUT2D eigenvalue weighted by atomic mass is 16.3. The Morgan fingerprint density at radius 1 is 1.07 bits per heavy atom. The molecular weight excluding hydrogens is 192 g/mol. The van der Waals surface area contributed by atoms with Gasteiger partial charge in [0.2, 0.25) is 0 Å². The van der Waals surface area contributed by atoms with E-state index in [1.807, 2.05) is 0 Å². The zero-order chi connectivity index (χ0) is 11.2. The smallest absolute Gasteiger partial charge is 0.125 e. The highest BCUT2D eigenvalue weighted by molar-refractivity contribution is 4.93. The third-order valence-corrected chi connectivity index (χ3v) is 2.06. The first-order chi connectivity index (χ1) is 6.56. The lowest BCUT2D eigenvalue weighted by Gasteiger charge is -2.36. The van der Waals surface area contributed by atoms with Crippen molar-refractivity contribution in [1.29, 1.82) is 0 Å². The second-order valence-corrected chi connectivity index (χ2v) is 3.12. The standard InChI is InChI=1S/C7H18N2O5/c8-6(14)7(3-12,4-13)9-5(1-10)2-11/h5-6,9-14H,1-4,8H2. The summed E-state index contributed by atoms with van der Waals surface area (Å²) in [5.74, 6) is 0. The normalized spacial score (nSPS) is 14.8. The third kappa shape index (κ3) is 3.14. The lowest BCUT2D eigenvalue weighted by Crippen LogP contribution is -2.66. The molecule has 0 amide bonds. The van der Waals surface area contributed by atoms with Gasteiger partial charge in [0.25, 0.3) is 0 Å². The molecule has 0 radical (unpaired) electrons. The minimum absolute atomic E-state index is 0.398. The van der Waals surface area contributed by atoms with Gasteiger partial charge < -0.3 is 31.3 Å². The van der Waals surface area contributed by atoms with Crippen LogP contribution in [-0.2, 0) is 0 Å². The van der Waals surface area contributed by atoms with Crippen LogP contribution in [0.15, 0.2) is 0 Å². The van der Waals surface area contributed by atoms with E-state index >= 15 is 0 Å². The van der Waals surface area contributed by atoms with Gasteiger partial charge in [0.15, 0.2) is 0 Å². The Balaban J connectivity index is 4.48. The minimum Gasteiger partial charge on any atom is -0.395 e. The Morgan fingerprint density at radius 2 is 1.50 bits per heavy atom. The van der Waals surface area contributed by atoms with Crippen molar-refractivity contribution in [2.24, 2.45) is 5.73 Å². The molecule has 7 nitrogen and oxygen atoms in total. The van der Waals surface area contributed by atoms with Crippen molar-refractivity contribution in [1.82, 2.24) is 5.32 Å². The van der Waals surface area contributed by atoms with Crippen LogP contribution in [-0.4, -0.2) is 69.8 Å². The highest BCUT2D eigenvalue weighted by Gasteiger charge is 2.36. The molecule has 0 aliphatic carbocycles. The van der Waals surface area contributed by atoms with E-state index < -0.39 is 44.2 Å². The average molecular weight is 210 g/mol. The first-order valence-electron chi connectivity index (χ1n) is 4.21. The van der Waals surface area contributed by atoms with Gasteiger partial charge in [-0.3, -0.25) is 5.32 Å². The van der Waals surface area contributed by atoms with E-state index in [1.54, 1.807) is 0 Å². The first kappa shape index (κ1) is 13.7. The molecule has 0 aliphatic heterocycles. The molecule has 86 valence electrons. The molecule has 0 saturated heterocycles. The highest BCUT2D eigenvalue weighted by Crippen LogP contribution is 2.07. The zero-order valence-electron chi connectivity index (χ0n) is 7.80. The van der Waals surface area contributed by atoms with Crippen molar-refractivity contribution >= 4 is 0 Å². The fraction of sp³-hybridized carbons (Fsp3) is 1.00. The summed E-state index contributed by atoms with van der Waals surface area (Å²) in [7, 11) is 0. The minimum atomic E-state index is -1.52. The van der Waals surface area contributed by atoms with Crippen molar-refractivity contribution < 1.29 is 25.5 Å². The second-order valence-electron chi connectivity index (χ2n) is 3.12. The SMILES string of the molecule is NC(O)C(CO)(CO)NC(CO)CO. The Bertz CT molecular complexity index is 147. The maximum Gasteiger partial charge on any atom is 0.125 e. The molecule has 0 aliphatic rings. The van der Waals surface area contributed by atoms with Gasteiger partial charge in [0, 0.05) is 0 Å². The van der Waals surface area contributed by atoms with E-state index in [4.69, 9.17) is 31.3 Å². The first-order valence-corrected chi connectivity index (χ1v) is 4.21. The van der Waals surface area contributed by atoms with Gasteiger partial charge in [-0.05, 0) is 0 Å². The summed E-state index contributed by atoms with van der Waals surface area (Å²) >= 11 is 0. The van der Waals surface area contributed by atoms with E-state index in [-0.39, 0.29) is 0 Å². The van der Waals surface area contributed by atoms with Gasteiger partial charge in [-0.1, -0.05) is 0 Å². The van der Waals surface area contributed by atoms with Crippen LogP contribution in [0.5, 0.6) is 0 Å². The van der Waals surface area contributed by atoms with E-state index in [2.05, 4.69) is 5.32 Å². The van der Waals surface area contributed by atoms with Crippen molar-refractivity contribution in [3.05, 3.63) is 0 Å². The van der Waals surface area contributed by atoms with Crippen molar-refractivity contribution in [3.63, 3.8) is 0 Å². The molecule has 0 bridgehead atoms. The molecule has 0 aromatic rings. The largest absolute Gasteiger partial charge is 0.395 e. The maximum absolute atomic E-state index is 9.13. The molecule has 0 aromatic heterocycles. The predicted octanol–water partition coefficient (Wildman–Crippen LogP) is -4.07. The molecule has 7 heteroatoms.